The number of carbonyl (C=O) groups excluding carboxylic acids is 3. The van der Waals surface area contributed by atoms with Crippen LogP contribution in [0, 0.1) is 0 Å². The van der Waals surface area contributed by atoms with Gasteiger partial charge < -0.3 is 4.90 Å². The van der Waals surface area contributed by atoms with Crippen LogP contribution in [0.5, 0.6) is 0 Å². The van der Waals surface area contributed by atoms with Gasteiger partial charge in [0.05, 0.1) is 0 Å². The average molecular weight is 304 g/mol. The van der Waals surface area contributed by atoms with Gasteiger partial charge in [-0.05, 0) is 29.9 Å². The molecule has 2 heterocycles. The van der Waals surface area contributed by atoms with Crippen LogP contribution in [0.3, 0.4) is 0 Å². The van der Waals surface area contributed by atoms with E-state index in [1.54, 1.807) is 16.7 Å². The largest absolute Gasteiger partial charge is 0.322 e. The molecule has 5 nitrogen and oxygen atoms in total. The van der Waals surface area contributed by atoms with Crippen molar-refractivity contribution in [1.29, 1.82) is 0 Å². The van der Waals surface area contributed by atoms with Crippen molar-refractivity contribution in [3.8, 4) is 0 Å². The highest BCUT2D eigenvalue weighted by Crippen LogP contribution is 2.30. The first-order chi connectivity index (χ1) is 10.1. The number of fused-ring (bicyclic) bond motifs is 1. The summed E-state index contributed by atoms with van der Waals surface area (Å²) in [5.74, 6) is 0.115. The Hall–Kier alpha value is -1.82. The van der Waals surface area contributed by atoms with Crippen molar-refractivity contribution in [3.63, 3.8) is 0 Å². The molecule has 1 aromatic carbocycles. The van der Waals surface area contributed by atoms with Gasteiger partial charge in [0.1, 0.15) is 6.04 Å². The zero-order chi connectivity index (χ0) is 15.0. The molecule has 2 aliphatic rings. The monoisotopic (exact) mass is 304 g/mol. The molecule has 1 fully saturated rings. The molecule has 1 N–H and O–H groups in total. The Bertz CT molecular complexity index is 629. The fourth-order valence-corrected chi connectivity index (χ4v) is 3.52. The summed E-state index contributed by atoms with van der Waals surface area (Å²) in [6.45, 7) is 0.456. The van der Waals surface area contributed by atoms with E-state index >= 15 is 0 Å². The minimum absolute atomic E-state index is 0.109. The van der Waals surface area contributed by atoms with Crippen molar-refractivity contribution < 1.29 is 14.4 Å². The number of nitrogens with one attached hydrogen (secondary N) is 1. The third-order valence-electron chi connectivity index (χ3n) is 3.98. The molecule has 1 atom stereocenters. The van der Waals surface area contributed by atoms with Gasteiger partial charge in [-0.2, -0.15) is 11.8 Å². The van der Waals surface area contributed by atoms with E-state index in [0.29, 0.717) is 18.5 Å². The Balaban J connectivity index is 1.88. The first-order valence-electron chi connectivity index (χ1n) is 6.86. The fourth-order valence-electron chi connectivity index (χ4n) is 2.94. The molecule has 2 aliphatic heterocycles. The first-order valence-corrected chi connectivity index (χ1v) is 8.25. The van der Waals surface area contributed by atoms with E-state index in [1.165, 1.54) is 0 Å². The van der Waals surface area contributed by atoms with Crippen LogP contribution < -0.4 is 5.32 Å². The van der Waals surface area contributed by atoms with Gasteiger partial charge in [0.15, 0.2) is 0 Å². The zero-order valence-corrected chi connectivity index (χ0v) is 12.5. The molecule has 0 saturated carbocycles. The zero-order valence-electron chi connectivity index (χ0n) is 11.7. The number of rotatable bonds is 3. The molecule has 0 bridgehead atoms. The summed E-state index contributed by atoms with van der Waals surface area (Å²) in [6, 6.07) is 5.19. The molecular weight excluding hydrogens is 288 g/mol. The topological polar surface area (TPSA) is 66.5 Å². The van der Waals surface area contributed by atoms with Gasteiger partial charge in [0.2, 0.25) is 11.8 Å². The maximum atomic E-state index is 12.5. The van der Waals surface area contributed by atoms with E-state index in [2.05, 4.69) is 5.32 Å². The average Bonchev–Trinajstić information content (AvgIpc) is 2.78. The molecule has 1 aromatic rings. The van der Waals surface area contributed by atoms with Crippen molar-refractivity contribution >= 4 is 29.5 Å². The molecule has 110 valence electrons. The lowest BCUT2D eigenvalue weighted by Crippen LogP contribution is -2.52. The van der Waals surface area contributed by atoms with Gasteiger partial charge in [0.25, 0.3) is 5.91 Å². The number of benzene rings is 1. The third-order valence-corrected chi connectivity index (χ3v) is 4.58. The summed E-state index contributed by atoms with van der Waals surface area (Å²) in [6.07, 6.45) is 2.71. The summed E-state index contributed by atoms with van der Waals surface area (Å²) in [7, 11) is 0. The van der Waals surface area contributed by atoms with E-state index in [4.69, 9.17) is 0 Å². The number of amides is 3. The number of carbonyl (C=O) groups is 3. The molecule has 0 radical (unpaired) electrons. The van der Waals surface area contributed by atoms with E-state index in [-0.39, 0.29) is 24.1 Å². The molecule has 21 heavy (non-hydrogen) atoms. The smallest absolute Gasteiger partial charge is 0.255 e. The Morgan fingerprint density at radius 2 is 2.14 bits per heavy atom. The number of hydrogen-bond acceptors (Lipinski definition) is 4. The number of hydrogen-bond donors (Lipinski definition) is 1. The van der Waals surface area contributed by atoms with Crippen LogP contribution in [0.1, 0.15) is 34.3 Å². The predicted molar refractivity (Wildman–Crippen MR) is 79.7 cm³/mol. The quantitative estimate of drug-likeness (QED) is 0.855. The van der Waals surface area contributed by atoms with Gasteiger partial charge in [0, 0.05) is 24.3 Å². The first kappa shape index (κ1) is 14.1. The summed E-state index contributed by atoms with van der Waals surface area (Å²) in [4.78, 5) is 37.3. The van der Waals surface area contributed by atoms with E-state index in [0.717, 1.165) is 16.9 Å². The minimum Gasteiger partial charge on any atom is -0.322 e. The second-order valence-corrected chi connectivity index (χ2v) is 6.14. The number of piperidine rings is 1. The van der Waals surface area contributed by atoms with Crippen LogP contribution in [-0.2, 0) is 21.9 Å². The summed E-state index contributed by atoms with van der Waals surface area (Å²) in [5.41, 5.74) is 2.84. The second kappa shape index (κ2) is 5.52. The van der Waals surface area contributed by atoms with E-state index in [9.17, 15) is 14.4 Å². The van der Waals surface area contributed by atoms with Crippen molar-refractivity contribution in [1.82, 2.24) is 10.2 Å². The van der Waals surface area contributed by atoms with E-state index in [1.807, 2.05) is 24.5 Å². The molecule has 6 heteroatoms. The highest BCUT2D eigenvalue weighted by Gasteiger charge is 2.39. The lowest BCUT2D eigenvalue weighted by atomic mass is 10.0. The van der Waals surface area contributed by atoms with Crippen molar-refractivity contribution in [2.45, 2.75) is 31.2 Å². The molecule has 0 aliphatic carbocycles. The summed E-state index contributed by atoms with van der Waals surface area (Å²) < 4.78 is 0. The number of thioether (sulfide) groups is 1. The highest BCUT2D eigenvalue weighted by molar-refractivity contribution is 7.97. The molecule has 3 amide bonds. The Kier molecular flexibility index (Phi) is 3.71. The lowest BCUT2D eigenvalue weighted by molar-refractivity contribution is -0.136. The maximum Gasteiger partial charge on any atom is 0.255 e. The summed E-state index contributed by atoms with van der Waals surface area (Å²) >= 11 is 1.71. The van der Waals surface area contributed by atoms with Crippen LogP contribution >= 0.6 is 11.8 Å². The fraction of sp³-hybridized carbons (Fsp3) is 0.400. The van der Waals surface area contributed by atoms with Crippen LogP contribution in [0.4, 0.5) is 0 Å². The SMILES string of the molecule is CSCc1cccc2c1CN([C@H]1CCC(=O)NC1=O)C2=O. The number of imide groups is 1. The molecular formula is C15H16N2O3S. The van der Waals surface area contributed by atoms with Crippen LogP contribution in [0.15, 0.2) is 18.2 Å². The normalized spacial score (nSPS) is 21.5. The van der Waals surface area contributed by atoms with Gasteiger partial charge in [-0.3, -0.25) is 19.7 Å². The van der Waals surface area contributed by atoms with E-state index < -0.39 is 6.04 Å². The Morgan fingerprint density at radius 1 is 1.33 bits per heavy atom. The van der Waals surface area contributed by atoms with Crippen LogP contribution in [0.25, 0.3) is 0 Å². The van der Waals surface area contributed by atoms with Crippen LogP contribution in [0.2, 0.25) is 0 Å². The van der Waals surface area contributed by atoms with Gasteiger partial charge in [-0.25, -0.2) is 0 Å². The third kappa shape index (κ3) is 2.44. The predicted octanol–water partition coefficient (Wildman–Crippen LogP) is 1.31. The molecule has 3 rings (SSSR count). The van der Waals surface area contributed by atoms with Crippen molar-refractivity contribution in [2.75, 3.05) is 6.26 Å². The minimum atomic E-state index is -0.537. The standard InChI is InChI=1S/C15H16N2O3S/c1-21-8-9-3-2-4-10-11(9)7-17(15(10)20)12-5-6-13(18)16-14(12)19/h2-4,12H,5-8H2,1H3,(H,16,18,19)/t12-/m0/s1. The van der Waals surface area contributed by atoms with Crippen LogP contribution in [-0.4, -0.2) is 34.9 Å². The molecule has 0 aromatic heterocycles. The summed E-state index contributed by atoms with van der Waals surface area (Å²) in [5, 5.41) is 2.32. The van der Waals surface area contributed by atoms with Crippen molar-refractivity contribution in [2.24, 2.45) is 0 Å². The highest BCUT2D eigenvalue weighted by atomic mass is 32.2. The second-order valence-electron chi connectivity index (χ2n) is 5.28. The molecule has 1 saturated heterocycles. The number of nitrogens with zero attached hydrogens (tertiary/aromatic N) is 1. The van der Waals surface area contributed by atoms with Gasteiger partial charge >= 0.3 is 0 Å². The van der Waals surface area contributed by atoms with Gasteiger partial charge in [-0.1, -0.05) is 12.1 Å². The lowest BCUT2D eigenvalue weighted by Gasteiger charge is -2.29. The van der Waals surface area contributed by atoms with Gasteiger partial charge in [-0.15, -0.1) is 0 Å². The Morgan fingerprint density at radius 3 is 2.86 bits per heavy atom. The van der Waals surface area contributed by atoms with Crippen molar-refractivity contribution in [3.05, 3.63) is 34.9 Å². The molecule has 0 unspecified atom stereocenters. The maximum absolute atomic E-state index is 12.5. The Labute approximate surface area is 127 Å². The molecule has 0 spiro atoms.